The van der Waals surface area contributed by atoms with Gasteiger partial charge in [0, 0.05) is 18.2 Å². The number of carbonyl (C=O) groups excluding carboxylic acids is 1. The summed E-state index contributed by atoms with van der Waals surface area (Å²) in [5.41, 5.74) is 1.49. The fraction of sp³-hybridized carbons (Fsp3) is 0.600. The van der Waals surface area contributed by atoms with Gasteiger partial charge in [0.15, 0.2) is 0 Å². The van der Waals surface area contributed by atoms with Crippen LogP contribution in [0, 0.1) is 23.2 Å². The number of benzene rings is 1. The number of hydrogen-bond acceptors (Lipinski definition) is 3. The van der Waals surface area contributed by atoms with Gasteiger partial charge < -0.3 is 9.80 Å². The molecule has 0 spiro atoms. The van der Waals surface area contributed by atoms with Crippen molar-refractivity contribution in [2.75, 3.05) is 24.5 Å². The Morgan fingerprint density at radius 2 is 2.04 bits per heavy atom. The average Bonchev–Trinajstić information content (AvgIpc) is 3.31. The maximum absolute atomic E-state index is 13.0. The van der Waals surface area contributed by atoms with Gasteiger partial charge in [0.05, 0.1) is 17.7 Å². The van der Waals surface area contributed by atoms with E-state index in [0.717, 1.165) is 38.2 Å². The van der Waals surface area contributed by atoms with Gasteiger partial charge in [-0.15, -0.1) is 0 Å². The minimum atomic E-state index is 0.158. The van der Waals surface area contributed by atoms with Crippen LogP contribution in [0.5, 0.6) is 0 Å². The van der Waals surface area contributed by atoms with Gasteiger partial charge in [0.1, 0.15) is 0 Å². The molecule has 3 rings (SSSR count). The lowest BCUT2D eigenvalue weighted by Gasteiger charge is -2.37. The van der Waals surface area contributed by atoms with Crippen LogP contribution in [0.15, 0.2) is 24.3 Å². The summed E-state index contributed by atoms with van der Waals surface area (Å²) in [5.74, 6) is 0.789. The number of amides is 1. The third-order valence-corrected chi connectivity index (χ3v) is 5.16. The zero-order chi connectivity index (χ0) is 17.1. The topological polar surface area (TPSA) is 47.3 Å². The second kappa shape index (κ2) is 7.36. The molecule has 1 aliphatic carbocycles. The second-order valence-electron chi connectivity index (χ2n) is 7.46. The van der Waals surface area contributed by atoms with Crippen molar-refractivity contribution in [1.82, 2.24) is 4.90 Å². The Morgan fingerprint density at radius 1 is 1.33 bits per heavy atom. The van der Waals surface area contributed by atoms with Gasteiger partial charge in [-0.25, -0.2) is 0 Å². The van der Waals surface area contributed by atoms with E-state index < -0.39 is 0 Å². The number of carbonyl (C=O) groups is 1. The number of anilines is 1. The van der Waals surface area contributed by atoms with E-state index in [1.54, 1.807) is 6.07 Å². The van der Waals surface area contributed by atoms with Crippen molar-refractivity contribution in [2.24, 2.45) is 11.8 Å². The lowest BCUT2D eigenvalue weighted by atomic mass is 9.99. The largest absolute Gasteiger partial charge is 0.308 e. The Morgan fingerprint density at radius 3 is 2.62 bits per heavy atom. The van der Waals surface area contributed by atoms with Gasteiger partial charge in [-0.3, -0.25) is 4.79 Å². The quantitative estimate of drug-likeness (QED) is 0.805. The van der Waals surface area contributed by atoms with Gasteiger partial charge in [-0.1, -0.05) is 19.9 Å². The molecule has 1 saturated heterocycles. The maximum atomic E-state index is 13.0. The van der Waals surface area contributed by atoms with E-state index in [1.165, 1.54) is 12.8 Å². The first-order valence-electron chi connectivity index (χ1n) is 9.15. The van der Waals surface area contributed by atoms with Gasteiger partial charge in [0.2, 0.25) is 5.91 Å². The first kappa shape index (κ1) is 17.0. The Bertz CT molecular complexity index is 624. The van der Waals surface area contributed by atoms with Crippen LogP contribution in [0.1, 0.15) is 45.1 Å². The van der Waals surface area contributed by atoms with Gasteiger partial charge in [0.25, 0.3) is 0 Å². The van der Waals surface area contributed by atoms with Gasteiger partial charge >= 0.3 is 0 Å². The first-order valence-corrected chi connectivity index (χ1v) is 9.15. The molecule has 1 aromatic carbocycles. The van der Waals surface area contributed by atoms with Crippen LogP contribution in [-0.4, -0.2) is 36.5 Å². The number of likely N-dealkylation sites (tertiary alicyclic amines) is 1. The van der Waals surface area contributed by atoms with Crippen LogP contribution in [0.25, 0.3) is 0 Å². The number of nitrogens with zero attached hydrogens (tertiary/aromatic N) is 3. The molecule has 1 atom stereocenters. The SMILES string of the molecule is CC(C)[C@@H](CN1CCCC1)N(C(=O)C1CC1)c1cccc(C#N)c1. The fourth-order valence-corrected chi connectivity index (χ4v) is 3.55. The van der Waals surface area contributed by atoms with Crippen molar-refractivity contribution in [3.8, 4) is 6.07 Å². The Hall–Kier alpha value is -1.86. The van der Waals surface area contributed by atoms with Crippen LogP contribution in [0.3, 0.4) is 0 Å². The second-order valence-corrected chi connectivity index (χ2v) is 7.46. The summed E-state index contributed by atoms with van der Waals surface area (Å²) in [7, 11) is 0. The van der Waals surface area contributed by atoms with E-state index >= 15 is 0 Å². The molecule has 1 aromatic rings. The predicted molar refractivity (Wildman–Crippen MR) is 95.7 cm³/mol. The highest BCUT2D eigenvalue weighted by atomic mass is 16.2. The molecular weight excluding hydrogens is 298 g/mol. The van der Waals surface area contributed by atoms with Crippen LogP contribution in [-0.2, 0) is 4.79 Å². The molecule has 0 bridgehead atoms. The van der Waals surface area contributed by atoms with E-state index in [4.69, 9.17) is 0 Å². The van der Waals surface area contributed by atoms with Crippen LogP contribution in [0.4, 0.5) is 5.69 Å². The molecule has 2 aliphatic rings. The molecule has 24 heavy (non-hydrogen) atoms. The number of rotatable bonds is 6. The lowest BCUT2D eigenvalue weighted by Crippen LogP contribution is -2.50. The van der Waals surface area contributed by atoms with Crippen molar-refractivity contribution in [3.05, 3.63) is 29.8 Å². The Labute approximate surface area is 145 Å². The highest BCUT2D eigenvalue weighted by molar-refractivity contribution is 5.97. The van der Waals surface area contributed by atoms with Gasteiger partial charge in [-0.2, -0.15) is 5.26 Å². The highest BCUT2D eigenvalue weighted by Crippen LogP contribution is 2.35. The maximum Gasteiger partial charge on any atom is 0.230 e. The number of nitriles is 1. The van der Waals surface area contributed by atoms with E-state index in [1.807, 2.05) is 23.1 Å². The highest BCUT2D eigenvalue weighted by Gasteiger charge is 2.38. The molecule has 1 aliphatic heterocycles. The van der Waals surface area contributed by atoms with Gasteiger partial charge in [-0.05, 0) is 62.9 Å². The van der Waals surface area contributed by atoms with E-state index in [2.05, 4.69) is 24.8 Å². The molecule has 128 valence electrons. The van der Waals surface area contributed by atoms with Crippen molar-refractivity contribution in [1.29, 1.82) is 5.26 Å². The zero-order valence-corrected chi connectivity index (χ0v) is 14.7. The van der Waals surface area contributed by atoms with E-state index in [-0.39, 0.29) is 17.9 Å². The summed E-state index contributed by atoms with van der Waals surface area (Å²) in [6, 6.07) is 9.87. The summed E-state index contributed by atoms with van der Waals surface area (Å²) >= 11 is 0. The predicted octanol–water partition coefficient (Wildman–Crippen LogP) is 3.42. The Balaban J connectivity index is 1.91. The third kappa shape index (κ3) is 3.79. The molecule has 0 aromatic heterocycles. The summed E-state index contributed by atoms with van der Waals surface area (Å²) in [4.78, 5) is 17.5. The monoisotopic (exact) mass is 325 g/mol. The van der Waals surface area contributed by atoms with E-state index in [9.17, 15) is 10.1 Å². The Kier molecular flexibility index (Phi) is 5.20. The molecule has 4 heteroatoms. The first-order chi connectivity index (χ1) is 11.6. The van der Waals surface area contributed by atoms with Crippen LogP contribution >= 0.6 is 0 Å². The molecule has 4 nitrogen and oxygen atoms in total. The molecule has 1 amide bonds. The molecule has 1 saturated carbocycles. The number of hydrogen-bond donors (Lipinski definition) is 0. The minimum Gasteiger partial charge on any atom is -0.308 e. The summed E-state index contributed by atoms with van der Waals surface area (Å²) in [6.45, 7) is 7.58. The molecule has 0 N–H and O–H groups in total. The molecule has 1 heterocycles. The minimum absolute atomic E-state index is 0.158. The molecular formula is C20H27N3O. The normalized spacial score (nSPS) is 19.2. The molecule has 0 unspecified atom stereocenters. The molecule has 0 radical (unpaired) electrons. The standard InChI is InChI=1S/C20H27N3O/c1-15(2)19(14-22-10-3-4-11-22)23(20(24)17-8-9-17)18-7-5-6-16(12-18)13-21/h5-7,12,15,17,19H,3-4,8-11,14H2,1-2H3/t19-/m1/s1. The van der Waals surface area contributed by atoms with Crippen LogP contribution in [0.2, 0.25) is 0 Å². The van der Waals surface area contributed by atoms with Crippen molar-refractivity contribution in [3.63, 3.8) is 0 Å². The summed E-state index contributed by atoms with van der Waals surface area (Å²) in [5, 5.41) is 9.22. The van der Waals surface area contributed by atoms with Crippen molar-refractivity contribution < 1.29 is 4.79 Å². The fourth-order valence-electron chi connectivity index (χ4n) is 3.55. The van der Waals surface area contributed by atoms with Crippen molar-refractivity contribution in [2.45, 2.75) is 45.6 Å². The average molecular weight is 325 g/mol. The van der Waals surface area contributed by atoms with Crippen LogP contribution < -0.4 is 4.90 Å². The van der Waals surface area contributed by atoms with E-state index in [0.29, 0.717) is 11.5 Å². The molecule has 2 fully saturated rings. The summed E-state index contributed by atoms with van der Waals surface area (Å²) < 4.78 is 0. The summed E-state index contributed by atoms with van der Waals surface area (Å²) in [6.07, 6.45) is 4.51. The van der Waals surface area contributed by atoms with Crippen molar-refractivity contribution >= 4 is 11.6 Å². The zero-order valence-electron chi connectivity index (χ0n) is 14.7. The lowest BCUT2D eigenvalue weighted by molar-refractivity contribution is -0.120. The third-order valence-electron chi connectivity index (χ3n) is 5.16. The smallest absolute Gasteiger partial charge is 0.230 e.